The molecule has 0 unspecified atom stereocenters. The molecule has 0 atom stereocenters. The van der Waals surface area contributed by atoms with Crippen LogP contribution in [-0.2, 0) is 10.0 Å². The number of sulfonamides is 1. The van der Waals surface area contributed by atoms with Gasteiger partial charge in [-0.15, -0.1) is 0 Å². The second kappa shape index (κ2) is 9.13. The van der Waals surface area contributed by atoms with Gasteiger partial charge in [-0.1, -0.05) is 0 Å². The minimum Gasteiger partial charge on any atom is -0.371 e. The zero-order valence-electron chi connectivity index (χ0n) is 20.1. The second-order valence-corrected chi connectivity index (χ2v) is 11.9. The molecule has 1 aromatic carbocycles. The lowest BCUT2D eigenvalue weighted by atomic mass is 9.93. The summed E-state index contributed by atoms with van der Waals surface area (Å²) in [6, 6.07) is 6.47. The van der Waals surface area contributed by atoms with Crippen LogP contribution in [0.3, 0.4) is 0 Å². The van der Waals surface area contributed by atoms with E-state index in [9.17, 15) is 22.0 Å². The number of halogens is 2. The first-order valence-corrected chi connectivity index (χ1v) is 14.0. The van der Waals surface area contributed by atoms with Crippen molar-refractivity contribution in [3.8, 4) is 0 Å². The quantitative estimate of drug-likeness (QED) is 0.598. The average Bonchev–Trinajstić information content (AvgIpc) is 3.57. The van der Waals surface area contributed by atoms with Crippen LogP contribution in [-0.4, -0.2) is 62.7 Å². The lowest BCUT2D eigenvalue weighted by Crippen LogP contribution is -2.39. The number of carbonyl (C=O) groups excluding carboxylic acids is 1. The predicted molar refractivity (Wildman–Crippen MR) is 134 cm³/mol. The van der Waals surface area contributed by atoms with E-state index in [1.807, 2.05) is 0 Å². The molecule has 2 saturated heterocycles. The molecule has 1 amide bonds. The molecule has 2 N–H and O–H groups in total. The molecule has 36 heavy (non-hydrogen) atoms. The molecule has 1 spiro atoms. The highest BCUT2D eigenvalue weighted by molar-refractivity contribution is 7.92. The molecule has 1 aliphatic carbocycles. The van der Waals surface area contributed by atoms with Crippen LogP contribution in [0.25, 0.3) is 0 Å². The summed E-state index contributed by atoms with van der Waals surface area (Å²) in [5.41, 5.74) is 1.85. The third-order valence-electron chi connectivity index (χ3n) is 7.35. The van der Waals surface area contributed by atoms with Crippen molar-refractivity contribution in [2.45, 2.75) is 44.4 Å². The van der Waals surface area contributed by atoms with E-state index in [4.69, 9.17) is 0 Å². The van der Waals surface area contributed by atoms with Crippen molar-refractivity contribution in [2.75, 3.05) is 52.3 Å². The van der Waals surface area contributed by atoms with Gasteiger partial charge < -0.3 is 9.80 Å². The maximum atomic E-state index is 13.5. The maximum absolute atomic E-state index is 13.5. The molecule has 3 fully saturated rings. The number of aromatic nitrogens is 2. The Kier molecular flexibility index (Phi) is 6.26. The van der Waals surface area contributed by atoms with Crippen molar-refractivity contribution >= 4 is 39.1 Å². The average molecular weight is 521 g/mol. The molecule has 5 rings (SSSR count). The number of nitrogens with one attached hydrogen (secondary N) is 2. The first-order chi connectivity index (χ1) is 17.0. The van der Waals surface area contributed by atoms with E-state index in [1.54, 1.807) is 29.2 Å². The Morgan fingerprint density at radius 3 is 2.28 bits per heavy atom. The van der Waals surface area contributed by atoms with Crippen molar-refractivity contribution in [1.82, 2.24) is 9.97 Å². The number of hydrogen-bond donors (Lipinski definition) is 2. The Morgan fingerprint density at radius 2 is 1.64 bits per heavy atom. The standard InChI is InChI=1S/C24H30F2N6O3S/c1-36(34,35)30-17-2-3-18(19(16-17)31-12-7-23(5-6-23)8-13-31)21(33)29-22-27-11-4-20(28-22)32-14-9-24(25,26)10-15-32/h2-4,11,16,30H,5-10,12-15H2,1H3,(H,27,28,29,33). The Balaban J connectivity index is 1.36. The van der Waals surface area contributed by atoms with E-state index in [-0.39, 0.29) is 31.9 Å². The third-order valence-corrected chi connectivity index (χ3v) is 7.96. The summed E-state index contributed by atoms with van der Waals surface area (Å²) in [7, 11) is -3.48. The molecule has 0 radical (unpaired) electrons. The molecule has 194 valence electrons. The van der Waals surface area contributed by atoms with Gasteiger partial charge in [0.15, 0.2) is 0 Å². The van der Waals surface area contributed by atoms with E-state index in [0.717, 1.165) is 32.2 Å². The summed E-state index contributed by atoms with van der Waals surface area (Å²) < 4.78 is 53.1. The van der Waals surface area contributed by atoms with Crippen molar-refractivity contribution in [3.05, 3.63) is 36.0 Å². The van der Waals surface area contributed by atoms with Gasteiger partial charge in [-0.25, -0.2) is 22.2 Å². The molecule has 3 aliphatic rings. The summed E-state index contributed by atoms with van der Waals surface area (Å²) in [6.07, 6.45) is 6.65. The number of nitrogens with zero attached hydrogens (tertiary/aromatic N) is 4. The van der Waals surface area contributed by atoms with Crippen LogP contribution in [0.1, 0.15) is 48.9 Å². The number of benzene rings is 1. The van der Waals surface area contributed by atoms with E-state index >= 15 is 0 Å². The van der Waals surface area contributed by atoms with Crippen LogP contribution in [0.4, 0.5) is 31.9 Å². The molecular weight excluding hydrogens is 490 g/mol. The number of piperidine rings is 2. The van der Waals surface area contributed by atoms with Crippen LogP contribution in [0.5, 0.6) is 0 Å². The van der Waals surface area contributed by atoms with Crippen LogP contribution >= 0.6 is 0 Å². The Morgan fingerprint density at radius 1 is 0.972 bits per heavy atom. The number of rotatable bonds is 6. The molecule has 1 saturated carbocycles. The molecule has 9 nitrogen and oxygen atoms in total. The maximum Gasteiger partial charge on any atom is 0.260 e. The summed E-state index contributed by atoms with van der Waals surface area (Å²) >= 11 is 0. The van der Waals surface area contributed by atoms with Gasteiger partial charge in [-0.3, -0.25) is 14.8 Å². The number of carbonyl (C=O) groups is 1. The zero-order valence-corrected chi connectivity index (χ0v) is 21.0. The monoisotopic (exact) mass is 520 g/mol. The van der Waals surface area contributed by atoms with Gasteiger partial charge in [0.1, 0.15) is 5.82 Å². The van der Waals surface area contributed by atoms with Gasteiger partial charge >= 0.3 is 0 Å². The Labute approximate surface area is 209 Å². The molecule has 3 heterocycles. The number of anilines is 4. The van der Waals surface area contributed by atoms with Crippen molar-refractivity contribution in [1.29, 1.82) is 0 Å². The fourth-order valence-corrected chi connectivity index (χ4v) is 5.53. The highest BCUT2D eigenvalue weighted by atomic mass is 32.2. The SMILES string of the molecule is CS(=O)(=O)Nc1ccc(C(=O)Nc2nccc(N3CCC(F)(F)CC3)n2)c(N2CCC3(CC2)CC3)c1. The first kappa shape index (κ1) is 24.7. The van der Waals surface area contributed by atoms with Crippen LogP contribution in [0, 0.1) is 5.41 Å². The molecule has 2 aromatic rings. The molecule has 0 bridgehead atoms. The molecule has 1 aromatic heterocycles. The number of amides is 1. The largest absolute Gasteiger partial charge is 0.371 e. The zero-order chi connectivity index (χ0) is 25.6. The summed E-state index contributed by atoms with van der Waals surface area (Å²) in [5, 5.41) is 2.73. The van der Waals surface area contributed by atoms with Crippen molar-refractivity contribution < 1.29 is 22.0 Å². The summed E-state index contributed by atoms with van der Waals surface area (Å²) in [6.45, 7) is 1.92. The molecular formula is C24H30F2N6O3S. The minimum absolute atomic E-state index is 0.0784. The Bertz CT molecular complexity index is 1250. The van der Waals surface area contributed by atoms with Gasteiger partial charge in [-0.2, -0.15) is 4.98 Å². The van der Waals surface area contributed by atoms with E-state index in [1.165, 1.54) is 19.0 Å². The van der Waals surface area contributed by atoms with E-state index in [0.29, 0.717) is 28.2 Å². The predicted octanol–water partition coefficient (Wildman–Crippen LogP) is 3.72. The van der Waals surface area contributed by atoms with Crippen LogP contribution in [0.15, 0.2) is 30.5 Å². The third kappa shape index (κ3) is 5.69. The van der Waals surface area contributed by atoms with Crippen molar-refractivity contribution in [3.63, 3.8) is 0 Å². The lowest BCUT2D eigenvalue weighted by molar-refractivity contribution is -0.0221. The van der Waals surface area contributed by atoms with Crippen molar-refractivity contribution in [2.24, 2.45) is 5.41 Å². The molecule has 12 heteroatoms. The van der Waals surface area contributed by atoms with Gasteiger partial charge in [0.25, 0.3) is 11.8 Å². The number of alkyl halides is 2. The Hall–Kier alpha value is -3.02. The van der Waals surface area contributed by atoms with E-state index < -0.39 is 21.9 Å². The van der Waals surface area contributed by atoms with Gasteiger partial charge in [0.05, 0.1) is 23.2 Å². The van der Waals surface area contributed by atoms with Gasteiger partial charge in [0.2, 0.25) is 16.0 Å². The molecule has 2 aliphatic heterocycles. The minimum atomic E-state index is -3.48. The fourth-order valence-electron chi connectivity index (χ4n) is 4.98. The van der Waals surface area contributed by atoms with Gasteiger partial charge in [-0.05, 0) is 55.4 Å². The van der Waals surface area contributed by atoms with Crippen LogP contribution in [0.2, 0.25) is 0 Å². The first-order valence-electron chi connectivity index (χ1n) is 12.2. The summed E-state index contributed by atoms with van der Waals surface area (Å²) in [4.78, 5) is 25.7. The topological polar surface area (TPSA) is 108 Å². The van der Waals surface area contributed by atoms with Crippen LogP contribution < -0.4 is 19.8 Å². The second-order valence-electron chi connectivity index (χ2n) is 10.1. The smallest absolute Gasteiger partial charge is 0.260 e. The fraction of sp³-hybridized carbons (Fsp3) is 0.542. The number of hydrogen-bond acceptors (Lipinski definition) is 7. The highest BCUT2D eigenvalue weighted by Gasteiger charge is 2.44. The normalized spacial score (nSPS) is 20.8. The lowest BCUT2D eigenvalue weighted by Gasteiger charge is -2.35. The summed E-state index contributed by atoms with van der Waals surface area (Å²) in [5.74, 6) is -2.53. The van der Waals surface area contributed by atoms with E-state index in [2.05, 4.69) is 24.9 Å². The van der Waals surface area contributed by atoms with Gasteiger partial charge in [0, 0.05) is 45.2 Å². The highest BCUT2D eigenvalue weighted by Crippen LogP contribution is 2.54.